The van der Waals surface area contributed by atoms with E-state index in [9.17, 15) is 46.2 Å². The van der Waals surface area contributed by atoms with E-state index < -0.39 is 38.2 Å². The molecule has 0 spiro atoms. The van der Waals surface area contributed by atoms with E-state index in [1.807, 2.05) is 27.6 Å². The zero-order valence-electron chi connectivity index (χ0n) is 28.1. The standard InChI is InChI=1S/C18H19N3O5S.C17H16N2O6S/c1-19-18(24)14-7-4-12(5-8-14)2-3-13-6-9-15(16(22)10-13)21-11-17(23)20-27(21,25)26;20-15-9-12(5-4-11-2-1-3-13(8-11)17(22)23)6-7-14(15)19-10-16(21)18-26(19,24)25/h4-10,22H,2-3,11H2,1H3,(H,19,24)(H,20,23);1-3,6-9,20H,4-5,10H2,(H,18,21)(H,22,23). The van der Waals surface area contributed by atoms with Gasteiger partial charge in [-0.25, -0.2) is 22.8 Å². The van der Waals surface area contributed by atoms with Crippen LogP contribution >= 0.6 is 0 Å². The summed E-state index contributed by atoms with van der Waals surface area (Å²) < 4.78 is 52.8. The molecule has 0 bridgehead atoms. The molecule has 2 aliphatic rings. The molecule has 0 aromatic heterocycles. The first-order valence-electron chi connectivity index (χ1n) is 16.0. The van der Waals surface area contributed by atoms with Crippen molar-refractivity contribution in [3.8, 4) is 11.5 Å². The highest BCUT2D eigenvalue weighted by Crippen LogP contribution is 2.33. The monoisotopic (exact) mass is 765 g/mol. The van der Waals surface area contributed by atoms with Crippen LogP contribution in [-0.4, -0.2) is 76.0 Å². The number of amides is 3. The Balaban J connectivity index is 0.000000204. The van der Waals surface area contributed by atoms with Gasteiger partial charge in [0.1, 0.15) is 24.6 Å². The van der Waals surface area contributed by atoms with Crippen molar-refractivity contribution in [1.29, 1.82) is 0 Å². The van der Waals surface area contributed by atoms with Gasteiger partial charge in [-0.3, -0.25) is 14.4 Å². The van der Waals surface area contributed by atoms with Gasteiger partial charge in [0, 0.05) is 12.6 Å². The molecule has 2 heterocycles. The van der Waals surface area contributed by atoms with E-state index in [0.717, 1.165) is 30.9 Å². The third kappa shape index (κ3) is 9.21. The van der Waals surface area contributed by atoms with Gasteiger partial charge in [-0.05, 0) is 96.5 Å². The number of rotatable bonds is 10. The van der Waals surface area contributed by atoms with Crippen molar-refractivity contribution in [2.24, 2.45) is 0 Å². The zero-order valence-corrected chi connectivity index (χ0v) is 29.8. The number of aromatic carboxylic acids is 1. The number of aromatic hydroxyl groups is 2. The third-order valence-corrected chi connectivity index (χ3v) is 11.1. The first-order chi connectivity index (χ1) is 25.1. The molecule has 278 valence electrons. The maximum atomic E-state index is 11.9. The summed E-state index contributed by atoms with van der Waals surface area (Å²) in [7, 11) is -6.35. The number of carbonyl (C=O) groups is 4. The lowest BCUT2D eigenvalue weighted by molar-refractivity contribution is -0.118. The summed E-state index contributed by atoms with van der Waals surface area (Å²) in [5.41, 5.74) is 4.32. The van der Waals surface area contributed by atoms with Gasteiger partial charge in [-0.15, -0.1) is 0 Å². The molecule has 0 unspecified atom stereocenters. The molecule has 2 fully saturated rings. The van der Waals surface area contributed by atoms with Crippen molar-refractivity contribution in [3.05, 3.63) is 118 Å². The van der Waals surface area contributed by atoms with E-state index in [0.29, 0.717) is 31.2 Å². The number of aryl methyl sites for hydroxylation is 4. The first-order valence-corrected chi connectivity index (χ1v) is 18.9. The maximum Gasteiger partial charge on any atom is 0.335 e. The molecule has 2 aliphatic heterocycles. The molecule has 3 amide bonds. The van der Waals surface area contributed by atoms with Gasteiger partial charge in [0.15, 0.2) is 0 Å². The van der Waals surface area contributed by atoms with Crippen LogP contribution in [0.5, 0.6) is 11.5 Å². The molecule has 4 aromatic rings. The van der Waals surface area contributed by atoms with E-state index >= 15 is 0 Å². The van der Waals surface area contributed by atoms with Crippen LogP contribution in [0.15, 0.2) is 84.9 Å². The number of carbonyl (C=O) groups excluding carboxylic acids is 3. The lowest BCUT2D eigenvalue weighted by Crippen LogP contribution is -2.29. The summed E-state index contributed by atoms with van der Waals surface area (Å²) in [5, 5.41) is 31.9. The van der Waals surface area contributed by atoms with Crippen molar-refractivity contribution in [2.45, 2.75) is 25.7 Å². The number of nitrogens with zero attached hydrogens (tertiary/aromatic N) is 2. The molecule has 2 saturated heterocycles. The molecular formula is C35H35N5O11S2. The molecule has 6 N–H and O–H groups in total. The Hall–Kier alpha value is -6.14. The van der Waals surface area contributed by atoms with Crippen LogP contribution in [0.4, 0.5) is 11.4 Å². The number of hydrogen-bond donors (Lipinski definition) is 6. The van der Waals surface area contributed by atoms with Crippen LogP contribution in [0.25, 0.3) is 0 Å². The number of anilines is 2. The number of hydrogen-bond acceptors (Lipinski definition) is 10. The molecule has 53 heavy (non-hydrogen) atoms. The van der Waals surface area contributed by atoms with Gasteiger partial charge in [0.05, 0.1) is 16.9 Å². The van der Waals surface area contributed by atoms with Crippen LogP contribution < -0.4 is 23.4 Å². The lowest BCUT2D eigenvalue weighted by Gasteiger charge is -2.16. The Morgan fingerprint density at radius 3 is 1.47 bits per heavy atom. The minimum absolute atomic E-state index is 0.0278. The van der Waals surface area contributed by atoms with Crippen molar-refractivity contribution in [1.82, 2.24) is 14.8 Å². The number of phenols is 2. The minimum Gasteiger partial charge on any atom is -0.506 e. The predicted molar refractivity (Wildman–Crippen MR) is 193 cm³/mol. The van der Waals surface area contributed by atoms with E-state index in [1.54, 1.807) is 43.4 Å². The van der Waals surface area contributed by atoms with Crippen LogP contribution in [0.3, 0.4) is 0 Å². The van der Waals surface area contributed by atoms with Gasteiger partial charge in [-0.2, -0.15) is 16.8 Å². The number of carboxylic acid groups (broad SMARTS) is 1. The molecule has 0 radical (unpaired) electrons. The molecule has 0 aliphatic carbocycles. The third-order valence-electron chi connectivity index (χ3n) is 8.28. The molecule has 18 heteroatoms. The highest BCUT2D eigenvalue weighted by atomic mass is 32.2. The molecular weight excluding hydrogens is 731 g/mol. The second-order valence-corrected chi connectivity index (χ2v) is 15.2. The topological polar surface area (TPSA) is 240 Å². The van der Waals surface area contributed by atoms with Gasteiger partial charge >= 0.3 is 26.4 Å². The molecule has 16 nitrogen and oxygen atoms in total. The van der Waals surface area contributed by atoms with Gasteiger partial charge in [-0.1, -0.05) is 36.4 Å². The molecule has 4 aromatic carbocycles. The van der Waals surface area contributed by atoms with Gasteiger partial charge in [0.2, 0.25) is 0 Å². The largest absolute Gasteiger partial charge is 0.506 e. The normalized spacial score (nSPS) is 15.6. The van der Waals surface area contributed by atoms with Crippen LogP contribution in [0.2, 0.25) is 0 Å². The summed E-state index contributed by atoms with van der Waals surface area (Å²) in [5.74, 6) is -2.90. The lowest BCUT2D eigenvalue weighted by atomic mass is 10.0. The van der Waals surface area contributed by atoms with E-state index in [4.69, 9.17) is 5.11 Å². The summed E-state index contributed by atoms with van der Waals surface area (Å²) in [6, 6.07) is 23.0. The summed E-state index contributed by atoms with van der Waals surface area (Å²) >= 11 is 0. The average Bonchev–Trinajstić information content (AvgIpc) is 3.56. The SMILES string of the molecule is CNC(=O)c1ccc(CCc2ccc(N3CC(=O)NS3(=O)=O)c(O)c2)cc1.O=C1CN(c2ccc(CCc3cccc(C(=O)O)c3)cc2O)S(=O)(=O)N1. The van der Waals surface area contributed by atoms with Crippen molar-refractivity contribution in [2.75, 3.05) is 28.7 Å². The highest BCUT2D eigenvalue weighted by molar-refractivity contribution is 7.92. The van der Waals surface area contributed by atoms with Gasteiger partial charge in [0.25, 0.3) is 17.7 Å². The highest BCUT2D eigenvalue weighted by Gasteiger charge is 2.36. The summed E-state index contributed by atoms with van der Waals surface area (Å²) in [6.45, 7) is -0.732. The van der Waals surface area contributed by atoms with E-state index in [2.05, 4.69) is 5.32 Å². The summed E-state index contributed by atoms with van der Waals surface area (Å²) in [4.78, 5) is 45.2. The van der Waals surface area contributed by atoms with Crippen LogP contribution in [0.1, 0.15) is 43.0 Å². The summed E-state index contributed by atoms with van der Waals surface area (Å²) in [6.07, 6.45) is 2.40. The Morgan fingerprint density at radius 1 is 0.642 bits per heavy atom. The average molecular weight is 766 g/mol. The number of benzene rings is 4. The van der Waals surface area contributed by atoms with E-state index in [-0.39, 0.29) is 47.4 Å². The smallest absolute Gasteiger partial charge is 0.335 e. The Kier molecular flexibility index (Phi) is 11.2. The number of nitrogens with one attached hydrogen (secondary N) is 3. The Labute approximate surface area is 305 Å². The maximum absolute atomic E-state index is 11.9. The Morgan fingerprint density at radius 2 is 1.08 bits per heavy atom. The van der Waals surface area contributed by atoms with Gasteiger partial charge < -0.3 is 20.6 Å². The van der Waals surface area contributed by atoms with Crippen LogP contribution in [0, 0.1) is 0 Å². The molecule has 0 atom stereocenters. The molecule has 6 rings (SSSR count). The van der Waals surface area contributed by atoms with Crippen LogP contribution in [-0.2, 0) is 55.7 Å². The second-order valence-electron chi connectivity index (χ2n) is 12.0. The fourth-order valence-electron chi connectivity index (χ4n) is 5.60. The van der Waals surface area contributed by atoms with Crippen molar-refractivity contribution >= 4 is 55.5 Å². The zero-order chi connectivity index (χ0) is 38.5. The van der Waals surface area contributed by atoms with Crippen molar-refractivity contribution in [3.63, 3.8) is 0 Å². The predicted octanol–water partition coefficient (Wildman–Crippen LogP) is 1.77. The first kappa shape index (κ1) is 38.1. The fraction of sp³-hybridized carbons (Fsp3) is 0.200. The van der Waals surface area contributed by atoms with Crippen molar-refractivity contribution < 1.29 is 51.3 Å². The number of carboxylic acids is 1. The quantitative estimate of drug-likeness (QED) is 0.136. The fourth-order valence-corrected chi connectivity index (χ4v) is 7.92. The molecule has 0 saturated carbocycles. The van der Waals surface area contributed by atoms with E-state index in [1.165, 1.54) is 30.3 Å². The minimum atomic E-state index is -3.97. The Bertz CT molecular complexity index is 2300. The second kappa shape index (κ2) is 15.6. The number of phenolic OH excluding ortho intramolecular Hbond substituents is 2.